The summed E-state index contributed by atoms with van der Waals surface area (Å²) in [5, 5.41) is 0. The first-order chi connectivity index (χ1) is 11.5. The standard InChI is InChI=1S/C19H18F2O3/c1-3-13-4-6-14(7-5-13)8-10-16(22)15-9-11-17(24-19(20)21)18(12-15)23-2/h4-12,19H,3H2,1-2H3/b10-8+. The van der Waals surface area contributed by atoms with Crippen LogP contribution in [0, 0.1) is 0 Å². The molecular formula is C19H18F2O3. The third-order valence-corrected chi connectivity index (χ3v) is 3.48. The average Bonchev–Trinajstić information content (AvgIpc) is 2.60. The number of carbonyl (C=O) groups is 1. The normalized spacial score (nSPS) is 11.0. The third kappa shape index (κ3) is 4.65. The van der Waals surface area contributed by atoms with Crippen LogP contribution in [-0.4, -0.2) is 19.5 Å². The minimum absolute atomic E-state index is 0.0850. The summed E-state index contributed by atoms with van der Waals surface area (Å²) in [6.07, 6.45) is 4.09. The van der Waals surface area contributed by atoms with Gasteiger partial charge >= 0.3 is 6.61 Å². The topological polar surface area (TPSA) is 35.5 Å². The highest BCUT2D eigenvalue weighted by atomic mass is 19.3. The van der Waals surface area contributed by atoms with Gasteiger partial charge in [-0.2, -0.15) is 8.78 Å². The molecule has 0 atom stereocenters. The summed E-state index contributed by atoms with van der Waals surface area (Å²) in [7, 11) is 1.33. The number of alkyl halides is 2. The van der Waals surface area contributed by atoms with E-state index < -0.39 is 6.61 Å². The van der Waals surface area contributed by atoms with Crippen molar-refractivity contribution in [3.63, 3.8) is 0 Å². The Bertz CT molecular complexity index is 722. The first-order valence-corrected chi connectivity index (χ1v) is 7.47. The van der Waals surface area contributed by atoms with E-state index >= 15 is 0 Å². The minimum atomic E-state index is -2.95. The zero-order valence-electron chi connectivity index (χ0n) is 13.5. The molecule has 0 saturated carbocycles. The third-order valence-electron chi connectivity index (χ3n) is 3.48. The van der Waals surface area contributed by atoms with E-state index in [2.05, 4.69) is 11.7 Å². The van der Waals surface area contributed by atoms with Crippen molar-refractivity contribution in [3.05, 3.63) is 65.2 Å². The van der Waals surface area contributed by atoms with Crippen molar-refractivity contribution in [3.8, 4) is 11.5 Å². The molecule has 0 aliphatic heterocycles. The number of ketones is 1. The Morgan fingerprint density at radius 1 is 1.12 bits per heavy atom. The molecule has 0 fully saturated rings. The lowest BCUT2D eigenvalue weighted by Gasteiger charge is -2.10. The average molecular weight is 332 g/mol. The van der Waals surface area contributed by atoms with Crippen molar-refractivity contribution in [1.29, 1.82) is 0 Å². The maximum atomic E-state index is 12.3. The second kappa shape index (κ2) is 8.24. The number of methoxy groups -OCH3 is 1. The van der Waals surface area contributed by atoms with Gasteiger partial charge < -0.3 is 9.47 Å². The fourth-order valence-corrected chi connectivity index (χ4v) is 2.15. The van der Waals surface area contributed by atoms with E-state index in [-0.39, 0.29) is 17.3 Å². The van der Waals surface area contributed by atoms with Crippen LogP contribution in [0.3, 0.4) is 0 Å². The van der Waals surface area contributed by atoms with Gasteiger partial charge in [0.2, 0.25) is 0 Å². The highest BCUT2D eigenvalue weighted by Gasteiger charge is 2.13. The van der Waals surface area contributed by atoms with E-state index in [4.69, 9.17) is 4.74 Å². The van der Waals surface area contributed by atoms with Crippen LogP contribution in [0.1, 0.15) is 28.4 Å². The van der Waals surface area contributed by atoms with Crippen LogP contribution < -0.4 is 9.47 Å². The molecule has 24 heavy (non-hydrogen) atoms. The van der Waals surface area contributed by atoms with E-state index in [9.17, 15) is 13.6 Å². The molecule has 2 aromatic carbocycles. The Labute approximate surface area is 139 Å². The van der Waals surface area contributed by atoms with Crippen LogP contribution in [0.5, 0.6) is 11.5 Å². The van der Waals surface area contributed by atoms with E-state index in [1.165, 1.54) is 36.9 Å². The quantitative estimate of drug-likeness (QED) is 0.542. The summed E-state index contributed by atoms with van der Waals surface area (Å²) >= 11 is 0. The van der Waals surface area contributed by atoms with Gasteiger partial charge in [0.25, 0.3) is 0 Å². The Morgan fingerprint density at radius 3 is 2.42 bits per heavy atom. The SMILES string of the molecule is CCc1ccc(/C=C/C(=O)c2ccc(OC(F)F)c(OC)c2)cc1. The van der Waals surface area contributed by atoms with Crippen LogP contribution in [-0.2, 0) is 6.42 Å². The van der Waals surface area contributed by atoms with Crippen LogP contribution in [0.15, 0.2) is 48.5 Å². The summed E-state index contributed by atoms with van der Waals surface area (Å²) in [5.74, 6) is -0.276. The van der Waals surface area contributed by atoms with Gasteiger partial charge in [-0.1, -0.05) is 37.3 Å². The van der Waals surface area contributed by atoms with E-state index in [1.54, 1.807) is 6.08 Å². The van der Waals surface area contributed by atoms with E-state index in [0.29, 0.717) is 5.56 Å². The first kappa shape index (κ1) is 17.7. The molecule has 0 aliphatic rings. The van der Waals surface area contributed by atoms with Gasteiger partial charge in [0.15, 0.2) is 17.3 Å². The van der Waals surface area contributed by atoms with Crippen molar-refractivity contribution in [2.75, 3.05) is 7.11 Å². The van der Waals surface area contributed by atoms with Crippen molar-refractivity contribution in [2.24, 2.45) is 0 Å². The molecule has 0 radical (unpaired) electrons. The predicted octanol–water partition coefficient (Wildman–Crippen LogP) is 4.76. The molecule has 0 bridgehead atoms. The number of carbonyl (C=O) groups excluding carboxylic acids is 1. The molecule has 0 unspecified atom stereocenters. The Hall–Kier alpha value is -2.69. The van der Waals surface area contributed by atoms with E-state index in [0.717, 1.165) is 12.0 Å². The van der Waals surface area contributed by atoms with Crippen molar-refractivity contribution >= 4 is 11.9 Å². The highest BCUT2D eigenvalue weighted by Crippen LogP contribution is 2.29. The number of benzene rings is 2. The molecule has 0 aromatic heterocycles. The fourth-order valence-electron chi connectivity index (χ4n) is 2.15. The maximum absolute atomic E-state index is 12.3. The van der Waals surface area contributed by atoms with Crippen LogP contribution in [0.4, 0.5) is 8.78 Å². The number of allylic oxidation sites excluding steroid dienone is 1. The predicted molar refractivity (Wildman–Crippen MR) is 88.8 cm³/mol. The summed E-state index contributed by atoms with van der Waals surface area (Å²) in [6.45, 7) is -0.880. The summed E-state index contributed by atoms with van der Waals surface area (Å²) in [5.41, 5.74) is 2.46. The van der Waals surface area contributed by atoms with Crippen molar-refractivity contribution < 1.29 is 23.0 Å². The monoisotopic (exact) mass is 332 g/mol. The van der Waals surface area contributed by atoms with Crippen LogP contribution >= 0.6 is 0 Å². The maximum Gasteiger partial charge on any atom is 0.387 e. The molecule has 0 aliphatic carbocycles. The second-order valence-electron chi connectivity index (χ2n) is 5.04. The van der Waals surface area contributed by atoms with Gasteiger partial charge in [-0.25, -0.2) is 0 Å². The Morgan fingerprint density at radius 2 is 1.83 bits per heavy atom. The van der Waals surface area contributed by atoms with Gasteiger partial charge in [0.05, 0.1) is 7.11 Å². The lowest BCUT2D eigenvalue weighted by molar-refractivity contribution is -0.0512. The molecule has 2 rings (SSSR count). The molecule has 0 heterocycles. The van der Waals surface area contributed by atoms with Gasteiger partial charge in [0.1, 0.15) is 0 Å². The molecule has 3 nitrogen and oxygen atoms in total. The summed E-state index contributed by atoms with van der Waals surface area (Å²) in [4.78, 5) is 12.2. The zero-order chi connectivity index (χ0) is 17.5. The molecule has 126 valence electrons. The molecule has 0 N–H and O–H groups in total. The number of halogens is 2. The van der Waals surface area contributed by atoms with Crippen LogP contribution in [0.25, 0.3) is 6.08 Å². The molecular weight excluding hydrogens is 314 g/mol. The zero-order valence-corrected chi connectivity index (χ0v) is 13.5. The Balaban J connectivity index is 2.15. The minimum Gasteiger partial charge on any atom is -0.493 e. The van der Waals surface area contributed by atoms with Gasteiger partial charge in [-0.3, -0.25) is 4.79 Å². The number of ether oxygens (including phenoxy) is 2. The number of aryl methyl sites for hydroxylation is 1. The van der Waals surface area contributed by atoms with Crippen LogP contribution in [0.2, 0.25) is 0 Å². The number of hydrogen-bond donors (Lipinski definition) is 0. The molecule has 0 amide bonds. The fraction of sp³-hybridized carbons (Fsp3) is 0.211. The number of hydrogen-bond acceptors (Lipinski definition) is 3. The first-order valence-electron chi connectivity index (χ1n) is 7.47. The largest absolute Gasteiger partial charge is 0.493 e. The number of rotatable bonds is 7. The molecule has 0 spiro atoms. The Kier molecular flexibility index (Phi) is 6.07. The second-order valence-corrected chi connectivity index (χ2v) is 5.04. The van der Waals surface area contributed by atoms with Crippen molar-refractivity contribution in [2.45, 2.75) is 20.0 Å². The lowest BCUT2D eigenvalue weighted by Crippen LogP contribution is -2.04. The van der Waals surface area contributed by atoms with Gasteiger partial charge in [-0.05, 0) is 41.8 Å². The van der Waals surface area contributed by atoms with Gasteiger partial charge in [-0.15, -0.1) is 0 Å². The van der Waals surface area contributed by atoms with Gasteiger partial charge in [0, 0.05) is 5.56 Å². The molecule has 0 saturated heterocycles. The lowest BCUT2D eigenvalue weighted by atomic mass is 10.1. The molecule has 2 aromatic rings. The summed E-state index contributed by atoms with van der Waals surface area (Å²) in [6, 6.07) is 12.0. The van der Waals surface area contributed by atoms with E-state index in [1.807, 2.05) is 24.3 Å². The van der Waals surface area contributed by atoms with Crippen molar-refractivity contribution in [1.82, 2.24) is 0 Å². The smallest absolute Gasteiger partial charge is 0.387 e. The highest BCUT2D eigenvalue weighted by molar-refractivity contribution is 6.07. The summed E-state index contributed by atoms with van der Waals surface area (Å²) < 4.78 is 33.9. The molecule has 5 heteroatoms.